The molecule has 1 saturated heterocycles. The van der Waals surface area contributed by atoms with E-state index in [1.54, 1.807) is 0 Å². The number of nitrogens with zero attached hydrogens (tertiary/aromatic N) is 2. The van der Waals surface area contributed by atoms with Crippen LogP contribution in [0.1, 0.15) is 12.0 Å². The van der Waals surface area contributed by atoms with Gasteiger partial charge < -0.3 is 9.84 Å². The van der Waals surface area contributed by atoms with Crippen LogP contribution >= 0.6 is 0 Å². The predicted molar refractivity (Wildman–Crippen MR) is 71.9 cm³/mol. The van der Waals surface area contributed by atoms with E-state index in [9.17, 15) is 18.3 Å². The Balaban J connectivity index is 2.42. The Labute approximate surface area is 122 Å². The van der Waals surface area contributed by atoms with Crippen molar-refractivity contribution in [3.8, 4) is 6.07 Å². The largest absolute Gasteiger partial charge is 0.480 e. The van der Waals surface area contributed by atoms with Gasteiger partial charge in [0.1, 0.15) is 6.04 Å². The van der Waals surface area contributed by atoms with Crippen LogP contribution in [0.25, 0.3) is 0 Å². The van der Waals surface area contributed by atoms with Gasteiger partial charge in [0.25, 0.3) is 0 Å². The first-order valence-electron chi connectivity index (χ1n) is 6.17. The number of aliphatic carboxylic acids is 1. The molecule has 8 heteroatoms. The van der Waals surface area contributed by atoms with Crippen LogP contribution in [0.2, 0.25) is 0 Å². The lowest BCUT2D eigenvalue weighted by molar-refractivity contribution is -0.140. The summed E-state index contributed by atoms with van der Waals surface area (Å²) in [4.78, 5) is 11.2. The highest BCUT2D eigenvalue weighted by Crippen LogP contribution is 2.28. The van der Waals surface area contributed by atoms with Crippen LogP contribution in [0, 0.1) is 11.3 Å². The second-order valence-corrected chi connectivity index (χ2v) is 6.55. The molecule has 0 aromatic heterocycles. The summed E-state index contributed by atoms with van der Waals surface area (Å²) in [5.41, 5.74) is 0.199. The van der Waals surface area contributed by atoms with Crippen molar-refractivity contribution in [2.24, 2.45) is 0 Å². The molecular weight excluding hydrogens is 296 g/mol. The number of hydrogen-bond donors (Lipinski definition) is 1. The molecule has 0 bridgehead atoms. The molecule has 2 unspecified atom stereocenters. The quantitative estimate of drug-likeness (QED) is 0.863. The van der Waals surface area contributed by atoms with E-state index in [4.69, 9.17) is 10.00 Å². The lowest BCUT2D eigenvalue weighted by Crippen LogP contribution is -2.40. The number of sulfonamides is 1. The summed E-state index contributed by atoms with van der Waals surface area (Å²) in [5, 5.41) is 18.0. The molecule has 1 aliphatic heterocycles. The predicted octanol–water partition coefficient (Wildman–Crippen LogP) is 0.421. The Bertz CT molecular complexity index is 695. The molecule has 1 fully saturated rings. The van der Waals surface area contributed by atoms with E-state index < -0.39 is 28.1 Å². The van der Waals surface area contributed by atoms with Gasteiger partial charge in [-0.3, -0.25) is 4.79 Å². The van der Waals surface area contributed by atoms with Crippen molar-refractivity contribution in [2.45, 2.75) is 23.5 Å². The Morgan fingerprint density at radius 1 is 1.52 bits per heavy atom. The molecule has 0 amide bonds. The Morgan fingerprint density at radius 2 is 2.24 bits per heavy atom. The number of rotatable bonds is 4. The number of benzene rings is 1. The van der Waals surface area contributed by atoms with Gasteiger partial charge in [-0.1, -0.05) is 6.07 Å². The van der Waals surface area contributed by atoms with Crippen molar-refractivity contribution in [1.29, 1.82) is 5.26 Å². The maximum absolute atomic E-state index is 12.6. The number of hydrogen-bond acceptors (Lipinski definition) is 5. The molecule has 112 valence electrons. The molecule has 7 nitrogen and oxygen atoms in total. The highest BCUT2D eigenvalue weighted by Gasteiger charge is 2.44. The zero-order valence-electron chi connectivity index (χ0n) is 11.3. The minimum Gasteiger partial charge on any atom is -0.480 e. The number of carboxylic acids is 1. The molecule has 1 aliphatic rings. The summed E-state index contributed by atoms with van der Waals surface area (Å²) in [6, 6.07) is 6.20. The molecule has 2 atom stereocenters. The second kappa shape index (κ2) is 5.81. The molecule has 2 rings (SSSR count). The molecule has 0 saturated carbocycles. The van der Waals surface area contributed by atoms with Crippen LogP contribution in [-0.4, -0.2) is 49.6 Å². The molecule has 1 N–H and O–H groups in total. The van der Waals surface area contributed by atoms with Crippen molar-refractivity contribution in [3.63, 3.8) is 0 Å². The lowest BCUT2D eigenvalue weighted by atomic mass is 10.2. The number of methoxy groups -OCH3 is 1. The summed E-state index contributed by atoms with van der Waals surface area (Å²) in [6.45, 7) is -0.0212. The maximum Gasteiger partial charge on any atom is 0.322 e. The van der Waals surface area contributed by atoms with Crippen LogP contribution in [0.5, 0.6) is 0 Å². The van der Waals surface area contributed by atoms with E-state index in [2.05, 4.69) is 0 Å². The van der Waals surface area contributed by atoms with E-state index in [1.807, 2.05) is 6.07 Å². The third kappa shape index (κ3) is 2.90. The summed E-state index contributed by atoms with van der Waals surface area (Å²) < 4.78 is 31.1. The summed E-state index contributed by atoms with van der Waals surface area (Å²) in [7, 11) is -2.57. The van der Waals surface area contributed by atoms with Crippen LogP contribution in [-0.2, 0) is 19.6 Å². The third-order valence-corrected chi connectivity index (χ3v) is 5.28. The summed E-state index contributed by atoms with van der Waals surface area (Å²) in [6.07, 6.45) is -0.358. The van der Waals surface area contributed by atoms with Gasteiger partial charge in [-0.2, -0.15) is 9.57 Å². The standard InChI is InChI=1S/C13H14N2O5S/c1-20-10-6-12(13(16)17)15(8-10)21(18,19)11-4-2-3-9(5-11)7-14/h2-5,10,12H,6,8H2,1H3,(H,16,17). The second-order valence-electron chi connectivity index (χ2n) is 4.66. The maximum atomic E-state index is 12.6. The first-order valence-corrected chi connectivity index (χ1v) is 7.61. The van der Waals surface area contributed by atoms with E-state index >= 15 is 0 Å². The molecule has 21 heavy (non-hydrogen) atoms. The number of carbonyl (C=O) groups is 1. The average molecular weight is 310 g/mol. The number of carboxylic acid groups (broad SMARTS) is 1. The van der Waals surface area contributed by atoms with E-state index in [0.717, 1.165) is 4.31 Å². The van der Waals surface area contributed by atoms with Gasteiger partial charge in [0.15, 0.2) is 0 Å². The molecule has 0 aliphatic carbocycles. The summed E-state index contributed by atoms with van der Waals surface area (Å²) >= 11 is 0. The minimum absolute atomic E-state index is 0.0212. The Kier molecular flexibility index (Phi) is 4.27. The molecular formula is C13H14N2O5S. The topological polar surface area (TPSA) is 108 Å². The van der Waals surface area contributed by atoms with Crippen LogP contribution in [0.3, 0.4) is 0 Å². The SMILES string of the molecule is COC1CC(C(=O)O)N(S(=O)(=O)c2cccc(C#N)c2)C1. The third-order valence-electron chi connectivity index (χ3n) is 3.41. The fraction of sp³-hybridized carbons (Fsp3) is 0.385. The fourth-order valence-corrected chi connectivity index (χ4v) is 3.96. The normalized spacial score (nSPS) is 22.9. The van der Waals surface area contributed by atoms with Crippen molar-refractivity contribution < 1.29 is 23.1 Å². The Hall–Kier alpha value is -1.95. The minimum atomic E-state index is -3.99. The van der Waals surface area contributed by atoms with E-state index in [0.29, 0.717) is 0 Å². The zero-order valence-corrected chi connectivity index (χ0v) is 12.1. The zero-order chi connectivity index (χ0) is 15.6. The van der Waals surface area contributed by atoms with Crippen LogP contribution < -0.4 is 0 Å². The monoisotopic (exact) mass is 310 g/mol. The lowest BCUT2D eigenvalue weighted by Gasteiger charge is -2.20. The highest BCUT2D eigenvalue weighted by molar-refractivity contribution is 7.89. The first kappa shape index (κ1) is 15.4. The molecule has 1 aromatic carbocycles. The first-order chi connectivity index (χ1) is 9.90. The van der Waals surface area contributed by atoms with Crippen molar-refractivity contribution >= 4 is 16.0 Å². The van der Waals surface area contributed by atoms with Crippen LogP contribution in [0.15, 0.2) is 29.2 Å². The number of nitriles is 1. The highest BCUT2D eigenvalue weighted by atomic mass is 32.2. The fourth-order valence-electron chi connectivity index (χ4n) is 2.29. The van der Waals surface area contributed by atoms with Gasteiger partial charge in [0, 0.05) is 20.1 Å². The molecule has 0 spiro atoms. The van der Waals surface area contributed by atoms with E-state index in [-0.39, 0.29) is 23.4 Å². The smallest absolute Gasteiger partial charge is 0.322 e. The molecule has 0 radical (unpaired) electrons. The van der Waals surface area contributed by atoms with Gasteiger partial charge in [-0.05, 0) is 18.2 Å². The number of ether oxygens (including phenoxy) is 1. The molecule has 1 heterocycles. The van der Waals surface area contributed by atoms with Crippen LogP contribution in [0.4, 0.5) is 0 Å². The van der Waals surface area contributed by atoms with Gasteiger partial charge in [-0.25, -0.2) is 8.42 Å². The van der Waals surface area contributed by atoms with Crippen molar-refractivity contribution in [3.05, 3.63) is 29.8 Å². The van der Waals surface area contributed by atoms with E-state index in [1.165, 1.54) is 31.4 Å². The van der Waals surface area contributed by atoms with Gasteiger partial charge >= 0.3 is 5.97 Å². The van der Waals surface area contributed by atoms with Crippen molar-refractivity contribution in [2.75, 3.05) is 13.7 Å². The molecule has 1 aromatic rings. The van der Waals surface area contributed by atoms with Crippen molar-refractivity contribution in [1.82, 2.24) is 4.31 Å². The van der Waals surface area contributed by atoms with Gasteiger partial charge in [0.05, 0.1) is 22.6 Å². The summed E-state index contributed by atoms with van der Waals surface area (Å²) in [5.74, 6) is -1.21. The van der Waals surface area contributed by atoms with Gasteiger partial charge in [0.2, 0.25) is 10.0 Å². The average Bonchev–Trinajstić information content (AvgIpc) is 2.92. The van der Waals surface area contributed by atoms with Gasteiger partial charge in [-0.15, -0.1) is 0 Å². The Morgan fingerprint density at radius 3 is 2.81 bits per heavy atom.